The molecule has 1 aliphatic rings. The standard InChI is InChI=1S/C17H18N4O3S/c1-2-3-7-13-19-20-17(25-13)18-16(24)11-5-4-6-12(10-11)21-14(22)8-9-15(21)23/h4-6,10H,2-3,7-9H2,1H3,(H,18,20,24). The summed E-state index contributed by atoms with van der Waals surface area (Å²) in [6, 6.07) is 6.46. The summed E-state index contributed by atoms with van der Waals surface area (Å²) in [6.45, 7) is 2.10. The second kappa shape index (κ2) is 7.52. The van der Waals surface area contributed by atoms with Crippen molar-refractivity contribution in [1.82, 2.24) is 10.2 Å². The van der Waals surface area contributed by atoms with E-state index in [-0.39, 0.29) is 30.6 Å². The Morgan fingerprint density at radius 1 is 1.24 bits per heavy atom. The van der Waals surface area contributed by atoms with Gasteiger partial charge in [-0.05, 0) is 24.6 Å². The van der Waals surface area contributed by atoms with Crippen LogP contribution in [0.1, 0.15) is 48.0 Å². The van der Waals surface area contributed by atoms with E-state index in [4.69, 9.17) is 0 Å². The highest BCUT2D eigenvalue weighted by Crippen LogP contribution is 2.24. The summed E-state index contributed by atoms with van der Waals surface area (Å²) >= 11 is 1.35. The van der Waals surface area contributed by atoms with E-state index in [0.717, 1.165) is 29.2 Å². The summed E-state index contributed by atoms with van der Waals surface area (Å²) in [5.74, 6) is -0.835. The molecule has 1 saturated heterocycles. The van der Waals surface area contributed by atoms with E-state index < -0.39 is 0 Å². The first-order chi connectivity index (χ1) is 12.1. The number of unbranched alkanes of at least 4 members (excludes halogenated alkanes) is 1. The van der Waals surface area contributed by atoms with Crippen molar-refractivity contribution in [3.8, 4) is 0 Å². The largest absolute Gasteiger partial charge is 0.296 e. The first-order valence-electron chi connectivity index (χ1n) is 8.18. The van der Waals surface area contributed by atoms with Crippen molar-refractivity contribution in [2.75, 3.05) is 10.2 Å². The van der Waals surface area contributed by atoms with Gasteiger partial charge in [0.2, 0.25) is 16.9 Å². The zero-order valence-electron chi connectivity index (χ0n) is 13.8. The van der Waals surface area contributed by atoms with Crippen LogP contribution in [-0.2, 0) is 16.0 Å². The number of rotatable bonds is 6. The monoisotopic (exact) mass is 358 g/mol. The molecule has 0 aliphatic carbocycles. The zero-order chi connectivity index (χ0) is 17.8. The van der Waals surface area contributed by atoms with Crippen LogP contribution in [0.15, 0.2) is 24.3 Å². The predicted octanol–water partition coefficient (Wildman–Crippen LogP) is 2.79. The molecule has 25 heavy (non-hydrogen) atoms. The third kappa shape index (κ3) is 3.90. The Morgan fingerprint density at radius 3 is 2.72 bits per heavy atom. The summed E-state index contributed by atoms with van der Waals surface area (Å²) in [5.41, 5.74) is 0.774. The van der Waals surface area contributed by atoms with Crippen molar-refractivity contribution >= 4 is 39.9 Å². The van der Waals surface area contributed by atoms with Crippen LogP contribution < -0.4 is 10.2 Å². The number of imide groups is 1. The molecule has 0 saturated carbocycles. The van der Waals surface area contributed by atoms with Gasteiger partial charge in [0.15, 0.2) is 0 Å². The number of benzene rings is 1. The van der Waals surface area contributed by atoms with Crippen LogP contribution >= 0.6 is 11.3 Å². The minimum atomic E-state index is -0.348. The summed E-state index contributed by atoms with van der Waals surface area (Å²) in [5, 5.41) is 12.1. The van der Waals surface area contributed by atoms with Crippen LogP contribution in [0.5, 0.6) is 0 Å². The van der Waals surface area contributed by atoms with Crippen LogP contribution in [0.4, 0.5) is 10.8 Å². The Kier molecular flexibility index (Phi) is 5.18. The van der Waals surface area contributed by atoms with Gasteiger partial charge in [-0.2, -0.15) is 0 Å². The zero-order valence-corrected chi connectivity index (χ0v) is 14.6. The molecule has 0 spiro atoms. The van der Waals surface area contributed by atoms with Gasteiger partial charge in [0.05, 0.1) is 5.69 Å². The van der Waals surface area contributed by atoms with E-state index in [0.29, 0.717) is 16.4 Å². The lowest BCUT2D eigenvalue weighted by Crippen LogP contribution is -2.28. The number of carbonyl (C=O) groups is 3. The third-order valence-electron chi connectivity index (χ3n) is 3.85. The molecular weight excluding hydrogens is 340 g/mol. The highest BCUT2D eigenvalue weighted by Gasteiger charge is 2.30. The topological polar surface area (TPSA) is 92.3 Å². The normalized spacial score (nSPS) is 14.2. The smallest absolute Gasteiger partial charge is 0.257 e. The molecule has 1 aliphatic heterocycles. The minimum absolute atomic E-state index is 0.209. The van der Waals surface area contributed by atoms with E-state index in [2.05, 4.69) is 22.4 Å². The Morgan fingerprint density at radius 2 is 2.00 bits per heavy atom. The molecule has 3 amide bonds. The van der Waals surface area contributed by atoms with Gasteiger partial charge in [0.1, 0.15) is 5.01 Å². The van der Waals surface area contributed by atoms with Crippen LogP contribution in [-0.4, -0.2) is 27.9 Å². The number of nitrogens with one attached hydrogen (secondary N) is 1. The third-order valence-corrected chi connectivity index (χ3v) is 4.75. The molecule has 2 heterocycles. The lowest BCUT2D eigenvalue weighted by molar-refractivity contribution is -0.121. The molecule has 0 radical (unpaired) electrons. The molecular formula is C17H18N4O3S. The highest BCUT2D eigenvalue weighted by molar-refractivity contribution is 7.15. The molecule has 1 fully saturated rings. The maximum absolute atomic E-state index is 12.4. The van der Waals surface area contributed by atoms with Gasteiger partial charge in [0.25, 0.3) is 5.91 Å². The molecule has 1 N–H and O–H groups in total. The number of nitrogens with zero attached hydrogens (tertiary/aromatic N) is 3. The average molecular weight is 358 g/mol. The number of amides is 3. The van der Waals surface area contributed by atoms with E-state index in [1.165, 1.54) is 17.4 Å². The molecule has 1 aromatic heterocycles. The van der Waals surface area contributed by atoms with Crippen molar-refractivity contribution in [3.63, 3.8) is 0 Å². The van der Waals surface area contributed by atoms with Crippen LogP contribution in [0.3, 0.4) is 0 Å². The molecule has 7 nitrogen and oxygen atoms in total. The SMILES string of the molecule is CCCCc1nnc(NC(=O)c2cccc(N3C(=O)CCC3=O)c2)s1. The second-order valence-corrected chi connectivity index (χ2v) is 6.79. The van der Waals surface area contributed by atoms with Crippen molar-refractivity contribution < 1.29 is 14.4 Å². The number of hydrogen-bond donors (Lipinski definition) is 1. The molecule has 0 unspecified atom stereocenters. The van der Waals surface area contributed by atoms with Gasteiger partial charge in [-0.3, -0.25) is 24.6 Å². The highest BCUT2D eigenvalue weighted by atomic mass is 32.1. The maximum atomic E-state index is 12.4. The number of carbonyl (C=O) groups excluding carboxylic acids is 3. The van der Waals surface area contributed by atoms with E-state index in [1.54, 1.807) is 18.2 Å². The molecule has 130 valence electrons. The number of anilines is 2. The Labute approximate surface area is 149 Å². The quantitative estimate of drug-likeness (QED) is 0.802. The van der Waals surface area contributed by atoms with E-state index >= 15 is 0 Å². The first kappa shape index (κ1) is 17.2. The average Bonchev–Trinajstić information content (AvgIpc) is 3.19. The first-order valence-corrected chi connectivity index (χ1v) is 8.99. The predicted molar refractivity (Wildman–Crippen MR) is 94.6 cm³/mol. The van der Waals surface area contributed by atoms with Gasteiger partial charge >= 0.3 is 0 Å². The Hall–Kier alpha value is -2.61. The molecule has 3 rings (SSSR count). The summed E-state index contributed by atoms with van der Waals surface area (Å²) < 4.78 is 0. The van der Waals surface area contributed by atoms with Gasteiger partial charge in [-0.25, -0.2) is 0 Å². The van der Waals surface area contributed by atoms with E-state index in [1.807, 2.05) is 0 Å². The van der Waals surface area contributed by atoms with Crippen LogP contribution in [0.2, 0.25) is 0 Å². The summed E-state index contributed by atoms with van der Waals surface area (Å²) in [4.78, 5) is 37.2. The number of aryl methyl sites for hydroxylation is 1. The molecule has 0 atom stereocenters. The fraction of sp³-hybridized carbons (Fsp3) is 0.353. The van der Waals surface area contributed by atoms with Crippen molar-refractivity contribution in [2.45, 2.75) is 39.0 Å². The summed E-state index contributed by atoms with van der Waals surface area (Å²) in [6.07, 6.45) is 3.37. The fourth-order valence-electron chi connectivity index (χ4n) is 2.55. The minimum Gasteiger partial charge on any atom is -0.296 e. The molecule has 0 bridgehead atoms. The molecule has 8 heteroatoms. The molecule has 2 aromatic rings. The second-order valence-electron chi connectivity index (χ2n) is 5.73. The van der Waals surface area contributed by atoms with Gasteiger partial charge in [-0.15, -0.1) is 10.2 Å². The van der Waals surface area contributed by atoms with Crippen molar-refractivity contribution in [2.24, 2.45) is 0 Å². The van der Waals surface area contributed by atoms with Crippen LogP contribution in [0.25, 0.3) is 0 Å². The van der Waals surface area contributed by atoms with E-state index in [9.17, 15) is 14.4 Å². The Bertz CT molecular complexity index is 802. The van der Waals surface area contributed by atoms with Gasteiger partial charge in [0, 0.05) is 24.8 Å². The van der Waals surface area contributed by atoms with Gasteiger partial charge in [-0.1, -0.05) is 30.7 Å². The van der Waals surface area contributed by atoms with Crippen molar-refractivity contribution in [1.29, 1.82) is 0 Å². The maximum Gasteiger partial charge on any atom is 0.257 e. The number of hydrogen-bond acceptors (Lipinski definition) is 6. The van der Waals surface area contributed by atoms with Gasteiger partial charge < -0.3 is 0 Å². The molecule has 1 aromatic carbocycles. The van der Waals surface area contributed by atoms with Crippen LogP contribution in [0, 0.1) is 0 Å². The van der Waals surface area contributed by atoms with Crippen molar-refractivity contribution in [3.05, 3.63) is 34.8 Å². The lowest BCUT2D eigenvalue weighted by Gasteiger charge is -2.14. The Balaban J connectivity index is 1.72. The fourth-order valence-corrected chi connectivity index (χ4v) is 3.33. The lowest BCUT2D eigenvalue weighted by atomic mass is 10.2. The summed E-state index contributed by atoms with van der Waals surface area (Å²) in [7, 11) is 0. The number of aromatic nitrogens is 2.